The molecule has 5 heteroatoms. The summed E-state index contributed by atoms with van der Waals surface area (Å²) in [4.78, 5) is 13.9. The molecule has 1 aliphatic heterocycles. The molecule has 0 unspecified atom stereocenters. The molecule has 0 radical (unpaired) electrons. The number of benzene rings is 1. The molecule has 0 N–H and O–H groups in total. The molecule has 21 heavy (non-hydrogen) atoms. The van der Waals surface area contributed by atoms with Gasteiger partial charge in [0.25, 0.3) is 0 Å². The van der Waals surface area contributed by atoms with Crippen LogP contribution < -0.4 is 4.74 Å². The maximum absolute atomic E-state index is 13.9. The molecule has 4 nitrogen and oxygen atoms in total. The lowest BCUT2D eigenvalue weighted by atomic mass is 10.1. The molecular weight excluding hydrogens is 273 g/mol. The van der Waals surface area contributed by atoms with Crippen LogP contribution in [0.2, 0.25) is 0 Å². The van der Waals surface area contributed by atoms with E-state index >= 15 is 0 Å². The van der Waals surface area contributed by atoms with Crippen LogP contribution in [0.25, 0.3) is 0 Å². The van der Waals surface area contributed by atoms with Crippen LogP contribution in [0.15, 0.2) is 18.2 Å². The van der Waals surface area contributed by atoms with Gasteiger partial charge in [0, 0.05) is 13.1 Å². The summed E-state index contributed by atoms with van der Waals surface area (Å²) in [7, 11) is 0. The minimum Gasteiger partial charge on any atom is -0.484 e. The van der Waals surface area contributed by atoms with Crippen molar-refractivity contribution in [1.82, 2.24) is 4.90 Å². The van der Waals surface area contributed by atoms with Crippen LogP contribution in [0.3, 0.4) is 0 Å². The van der Waals surface area contributed by atoms with Gasteiger partial charge in [0.1, 0.15) is 12.3 Å². The van der Waals surface area contributed by atoms with Crippen LogP contribution in [0, 0.1) is 5.82 Å². The van der Waals surface area contributed by atoms with Gasteiger partial charge in [-0.3, -0.25) is 4.90 Å². The monoisotopic (exact) mass is 293 g/mol. The van der Waals surface area contributed by atoms with E-state index in [0.29, 0.717) is 12.3 Å². The number of hydrogen-bond acceptors (Lipinski definition) is 4. The van der Waals surface area contributed by atoms with Crippen LogP contribution in [0.1, 0.15) is 43.0 Å². The Balaban J connectivity index is 1.70. The predicted octanol–water partition coefficient (Wildman–Crippen LogP) is 2.97. The van der Waals surface area contributed by atoms with Gasteiger partial charge >= 0.3 is 5.97 Å². The molecule has 1 aromatic carbocycles. The number of ether oxygens (including phenoxy) is 2. The SMILES string of the molecule is CC1(Oc2cc(C(=O)OCN3CC3)ccc2F)CCCC1. The van der Waals surface area contributed by atoms with E-state index in [1.807, 2.05) is 11.8 Å². The predicted molar refractivity (Wildman–Crippen MR) is 75.8 cm³/mol. The smallest absolute Gasteiger partial charge is 0.339 e. The summed E-state index contributed by atoms with van der Waals surface area (Å²) in [6.07, 6.45) is 4.01. The number of halogens is 1. The van der Waals surface area contributed by atoms with Gasteiger partial charge in [-0.15, -0.1) is 0 Å². The molecule has 1 aliphatic carbocycles. The van der Waals surface area contributed by atoms with E-state index in [-0.39, 0.29) is 11.4 Å². The van der Waals surface area contributed by atoms with E-state index in [1.54, 1.807) is 0 Å². The third-order valence-corrected chi connectivity index (χ3v) is 4.10. The Morgan fingerprint density at radius 3 is 2.71 bits per heavy atom. The Morgan fingerprint density at radius 1 is 1.33 bits per heavy atom. The van der Waals surface area contributed by atoms with Gasteiger partial charge in [-0.2, -0.15) is 0 Å². The normalized spacial score (nSPS) is 20.3. The second-order valence-electron chi connectivity index (χ2n) is 6.08. The highest BCUT2D eigenvalue weighted by atomic mass is 19.1. The van der Waals surface area contributed by atoms with E-state index in [9.17, 15) is 9.18 Å². The molecule has 0 aromatic heterocycles. The lowest BCUT2D eigenvalue weighted by Gasteiger charge is -2.26. The van der Waals surface area contributed by atoms with E-state index in [1.165, 1.54) is 18.2 Å². The molecule has 1 saturated carbocycles. The van der Waals surface area contributed by atoms with Gasteiger partial charge in [-0.1, -0.05) is 0 Å². The van der Waals surface area contributed by atoms with Crippen LogP contribution in [-0.2, 0) is 4.74 Å². The van der Waals surface area contributed by atoms with Crippen LogP contribution in [0.5, 0.6) is 5.75 Å². The van der Waals surface area contributed by atoms with Crippen molar-refractivity contribution in [1.29, 1.82) is 0 Å². The fraction of sp³-hybridized carbons (Fsp3) is 0.562. The van der Waals surface area contributed by atoms with Crippen molar-refractivity contribution in [3.63, 3.8) is 0 Å². The molecule has 1 saturated heterocycles. The zero-order valence-corrected chi connectivity index (χ0v) is 12.2. The topological polar surface area (TPSA) is 38.5 Å². The second kappa shape index (κ2) is 5.64. The lowest BCUT2D eigenvalue weighted by Crippen LogP contribution is -2.28. The molecule has 1 heterocycles. The van der Waals surface area contributed by atoms with Crippen LogP contribution in [-0.4, -0.2) is 36.3 Å². The maximum atomic E-state index is 13.9. The van der Waals surface area contributed by atoms with Gasteiger partial charge in [0.2, 0.25) is 0 Å². The first-order chi connectivity index (χ1) is 10.1. The Morgan fingerprint density at radius 2 is 2.05 bits per heavy atom. The summed E-state index contributed by atoms with van der Waals surface area (Å²) in [5.41, 5.74) is -0.00171. The number of carbonyl (C=O) groups excluding carboxylic acids is 1. The standard InChI is InChI=1S/C16H20FNO3/c1-16(6-2-3-7-16)21-14-10-12(4-5-13(14)17)15(19)20-11-18-8-9-18/h4-5,10H,2-3,6-9,11H2,1H3. The Hall–Kier alpha value is -1.62. The second-order valence-corrected chi connectivity index (χ2v) is 6.08. The number of rotatable bonds is 5. The molecule has 1 aromatic rings. The molecule has 3 rings (SSSR count). The van der Waals surface area contributed by atoms with Gasteiger partial charge in [-0.05, 0) is 50.8 Å². The molecule has 0 atom stereocenters. The van der Waals surface area contributed by atoms with Crippen molar-refractivity contribution in [2.75, 3.05) is 19.8 Å². The highest BCUT2D eigenvalue weighted by molar-refractivity contribution is 5.89. The molecule has 0 amide bonds. The Bertz CT molecular complexity index is 536. The van der Waals surface area contributed by atoms with E-state index < -0.39 is 11.8 Å². The fourth-order valence-corrected chi connectivity index (χ4v) is 2.63. The molecule has 114 valence electrons. The summed E-state index contributed by atoms with van der Waals surface area (Å²) < 4.78 is 24.9. The number of nitrogens with zero attached hydrogens (tertiary/aromatic N) is 1. The third kappa shape index (κ3) is 3.53. The van der Waals surface area contributed by atoms with Crippen LogP contribution in [0.4, 0.5) is 4.39 Å². The lowest BCUT2D eigenvalue weighted by molar-refractivity contribution is 0.0393. The molecule has 0 bridgehead atoms. The van der Waals surface area contributed by atoms with E-state index in [2.05, 4.69) is 0 Å². The Kier molecular flexibility index (Phi) is 3.85. The first-order valence-electron chi connectivity index (χ1n) is 7.44. The minimum absolute atomic E-state index is 0.139. The van der Waals surface area contributed by atoms with Crippen LogP contribution >= 0.6 is 0 Å². The zero-order chi connectivity index (χ0) is 14.9. The van der Waals surface area contributed by atoms with Crippen molar-refractivity contribution in [3.8, 4) is 5.75 Å². The molecule has 2 fully saturated rings. The molecule has 0 spiro atoms. The van der Waals surface area contributed by atoms with Crippen molar-refractivity contribution >= 4 is 5.97 Å². The summed E-state index contributed by atoms with van der Waals surface area (Å²) >= 11 is 0. The fourth-order valence-electron chi connectivity index (χ4n) is 2.63. The van der Waals surface area contributed by atoms with Crippen molar-refractivity contribution in [2.45, 2.75) is 38.2 Å². The van der Waals surface area contributed by atoms with Gasteiger partial charge in [0.15, 0.2) is 11.6 Å². The average Bonchev–Trinajstić information content (AvgIpc) is 3.20. The summed E-state index contributed by atoms with van der Waals surface area (Å²) in [6, 6.07) is 4.15. The third-order valence-electron chi connectivity index (χ3n) is 4.10. The Labute approximate surface area is 123 Å². The van der Waals surface area contributed by atoms with Gasteiger partial charge in [0.05, 0.1) is 5.56 Å². The largest absolute Gasteiger partial charge is 0.484 e. The maximum Gasteiger partial charge on any atom is 0.339 e. The van der Waals surface area contributed by atoms with Gasteiger partial charge < -0.3 is 9.47 Å². The van der Waals surface area contributed by atoms with E-state index in [4.69, 9.17) is 9.47 Å². The van der Waals surface area contributed by atoms with E-state index in [0.717, 1.165) is 38.8 Å². The summed E-state index contributed by atoms with van der Waals surface area (Å²) in [6.45, 7) is 4.21. The summed E-state index contributed by atoms with van der Waals surface area (Å²) in [5.74, 6) is -0.741. The number of hydrogen-bond donors (Lipinski definition) is 0. The van der Waals surface area contributed by atoms with Crippen molar-refractivity contribution in [2.24, 2.45) is 0 Å². The average molecular weight is 293 g/mol. The molecular formula is C16H20FNO3. The van der Waals surface area contributed by atoms with Gasteiger partial charge in [-0.25, -0.2) is 9.18 Å². The van der Waals surface area contributed by atoms with Crippen molar-refractivity contribution < 1.29 is 18.7 Å². The summed E-state index contributed by atoms with van der Waals surface area (Å²) in [5, 5.41) is 0. The zero-order valence-electron chi connectivity index (χ0n) is 12.2. The van der Waals surface area contributed by atoms with Crippen molar-refractivity contribution in [3.05, 3.63) is 29.6 Å². The first-order valence-corrected chi connectivity index (χ1v) is 7.44. The highest BCUT2D eigenvalue weighted by Crippen LogP contribution is 2.35. The highest BCUT2D eigenvalue weighted by Gasteiger charge is 2.31. The number of esters is 1. The first kappa shape index (κ1) is 14.3. The molecule has 2 aliphatic rings. The number of carbonyl (C=O) groups is 1. The quantitative estimate of drug-likeness (QED) is 0.618. The minimum atomic E-state index is -0.441.